The van der Waals surface area contributed by atoms with Crippen molar-refractivity contribution in [2.45, 2.75) is 12.8 Å². The van der Waals surface area contributed by atoms with Crippen molar-refractivity contribution in [1.29, 1.82) is 0 Å². The van der Waals surface area contributed by atoms with Crippen LogP contribution in [0.15, 0.2) is 36.4 Å². The number of hydrogen-bond acceptors (Lipinski definition) is 3. The van der Waals surface area contributed by atoms with Crippen molar-refractivity contribution in [3.8, 4) is 5.75 Å². The number of amides is 1. The van der Waals surface area contributed by atoms with E-state index in [2.05, 4.69) is 10.6 Å². The number of benzene rings is 2. The highest BCUT2D eigenvalue weighted by Crippen LogP contribution is 2.30. The number of carbonyl (C=O) groups is 1. The van der Waals surface area contributed by atoms with Crippen molar-refractivity contribution < 1.29 is 9.90 Å². The summed E-state index contributed by atoms with van der Waals surface area (Å²) in [5.74, 6) is 0.308. The highest BCUT2D eigenvalue weighted by Gasteiger charge is 2.21. The maximum absolute atomic E-state index is 12.3. The van der Waals surface area contributed by atoms with Gasteiger partial charge >= 0.3 is 0 Å². The molecule has 20 heavy (non-hydrogen) atoms. The molecule has 0 spiro atoms. The molecule has 4 nitrogen and oxygen atoms in total. The van der Waals surface area contributed by atoms with Gasteiger partial charge < -0.3 is 15.7 Å². The summed E-state index contributed by atoms with van der Waals surface area (Å²) in [6, 6.07) is 10.9. The fraction of sp³-hybridized carbons (Fsp3) is 0.312. The molecule has 1 heterocycles. The van der Waals surface area contributed by atoms with E-state index in [0.29, 0.717) is 0 Å². The minimum Gasteiger partial charge on any atom is -0.507 e. The molecule has 0 aliphatic carbocycles. The topological polar surface area (TPSA) is 61.4 Å². The molecule has 0 unspecified atom stereocenters. The van der Waals surface area contributed by atoms with E-state index in [-0.39, 0.29) is 17.6 Å². The number of phenolic OH excluding ortho intramolecular Hbond substituents is 1. The molecule has 1 saturated heterocycles. The van der Waals surface area contributed by atoms with Gasteiger partial charge in [-0.1, -0.05) is 24.3 Å². The molecule has 2 aromatic carbocycles. The lowest BCUT2D eigenvalue weighted by Gasteiger charge is -2.22. The van der Waals surface area contributed by atoms with Gasteiger partial charge in [0, 0.05) is 23.0 Å². The van der Waals surface area contributed by atoms with Crippen LogP contribution in [0.3, 0.4) is 0 Å². The van der Waals surface area contributed by atoms with E-state index < -0.39 is 0 Å². The van der Waals surface area contributed by atoms with Gasteiger partial charge in [0.05, 0.1) is 5.92 Å². The Hall–Kier alpha value is -2.07. The maximum Gasteiger partial charge on any atom is 0.228 e. The van der Waals surface area contributed by atoms with E-state index in [4.69, 9.17) is 0 Å². The number of fused-ring (bicyclic) bond motifs is 1. The van der Waals surface area contributed by atoms with E-state index in [9.17, 15) is 9.90 Å². The Morgan fingerprint density at radius 3 is 2.80 bits per heavy atom. The van der Waals surface area contributed by atoms with E-state index in [0.717, 1.165) is 42.4 Å². The third-order valence-corrected chi connectivity index (χ3v) is 3.82. The predicted octanol–water partition coefficient (Wildman–Crippen LogP) is 2.48. The number of aromatic hydroxyl groups is 1. The molecule has 0 bridgehead atoms. The summed E-state index contributed by atoms with van der Waals surface area (Å²) in [6.07, 6.45) is 1.96. The number of piperidine rings is 1. The van der Waals surface area contributed by atoms with Crippen LogP contribution in [0.4, 0.5) is 5.69 Å². The first-order chi connectivity index (χ1) is 9.75. The molecule has 0 radical (unpaired) electrons. The second-order valence-corrected chi connectivity index (χ2v) is 5.21. The molecule has 3 N–H and O–H groups in total. The van der Waals surface area contributed by atoms with Gasteiger partial charge in [-0.2, -0.15) is 0 Å². The summed E-state index contributed by atoms with van der Waals surface area (Å²) < 4.78 is 0. The Kier molecular flexibility index (Phi) is 3.56. The van der Waals surface area contributed by atoms with E-state index in [1.54, 1.807) is 12.1 Å². The normalized spacial score (nSPS) is 18.9. The molecule has 1 atom stereocenters. The second kappa shape index (κ2) is 5.51. The Morgan fingerprint density at radius 1 is 1.20 bits per heavy atom. The van der Waals surface area contributed by atoms with Gasteiger partial charge in [-0.25, -0.2) is 0 Å². The second-order valence-electron chi connectivity index (χ2n) is 5.21. The van der Waals surface area contributed by atoms with Crippen molar-refractivity contribution in [1.82, 2.24) is 5.32 Å². The van der Waals surface area contributed by atoms with Gasteiger partial charge in [0.1, 0.15) is 5.75 Å². The summed E-state index contributed by atoms with van der Waals surface area (Å²) in [6.45, 7) is 1.73. The molecule has 1 aliphatic rings. The van der Waals surface area contributed by atoms with Crippen LogP contribution in [0.1, 0.15) is 12.8 Å². The lowest BCUT2D eigenvalue weighted by Crippen LogP contribution is -2.37. The molecule has 1 amide bonds. The minimum atomic E-state index is 0.0244. The average Bonchev–Trinajstić information content (AvgIpc) is 2.49. The third kappa shape index (κ3) is 2.47. The van der Waals surface area contributed by atoms with Gasteiger partial charge in [0.25, 0.3) is 0 Å². The van der Waals surface area contributed by atoms with Gasteiger partial charge in [0.2, 0.25) is 5.91 Å². The molecule has 3 rings (SSSR count). The number of carbonyl (C=O) groups excluding carboxylic acids is 1. The fourth-order valence-electron chi connectivity index (χ4n) is 2.71. The SMILES string of the molecule is O=C(Nc1cccc2c(O)cccc12)[C@@H]1CCCNC1. The molecule has 2 aromatic rings. The van der Waals surface area contributed by atoms with E-state index >= 15 is 0 Å². The minimum absolute atomic E-state index is 0.0244. The lowest BCUT2D eigenvalue weighted by molar-refractivity contribution is -0.120. The quantitative estimate of drug-likeness (QED) is 0.785. The standard InChI is InChI=1S/C16H18N2O2/c19-15-8-2-5-12-13(15)6-1-7-14(12)18-16(20)11-4-3-9-17-10-11/h1-2,5-8,11,17,19H,3-4,9-10H2,(H,18,20)/t11-/m1/s1. The van der Waals surface area contributed by atoms with Crippen LogP contribution in [0.2, 0.25) is 0 Å². The van der Waals surface area contributed by atoms with E-state index in [1.807, 2.05) is 24.3 Å². The van der Waals surface area contributed by atoms with Crippen LogP contribution in [0.5, 0.6) is 5.75 Å². The lowest BCUT2D eigenvalue weighted by atomic mass is 9.98. The van der Waals surface area contributed by atoms with Crippen molar-refractivity contribution in [3.63, 3.8) is 0 Å². The van der Waals surface area contributed by atoms with Crippen molar-refractivity contribution in [2.24, 2.45) is 5.92 Å². The van der Waals surface area contributed by atoms with Gasteiger partial charge in [-0.3, -0.25) is 4.79 Å². The molecular formula is C16H18N2O2. The maximum atomic E-state index is 12.3. The Morgan fingerprint density at radius 2 is 2.00 bits per heavy atom. The first-order valence-electron chi connectivity index (χ1n) is 6.98. The predicted molar refractivity (Wildman–Crippen MR) is 79.8 cm³/mol. The third-order valence-electron chi connectivity index (χ3n) is 3.82. The molecule has 4 heteroatoms. The summed E-state index contributed by atoms with van der Waals surface area (Å²) in [5, 5.41) is 17.7. The zero-order chi connectivity index (χ0) is 13.9. The van der Waals surface area contributed by atoms with Crippen molar-refractivity contribution in [2.75, 3.05) is 18.4 Å². The Labute approximate surface area is 117 Å². The summed E-state index contributed by atoms with van der Waals surface area (Å²) in [7, 11) is 0. The highest BCUT2D eigenvalue weighted by atomic mass is 16.3. The zero-order valence-electron chi connectivity index (χ0n) is 11.2. The van der Waals surface area contributed by atoms with Crippen LogP contribution >= 0.6 is 0 Å². The van der Waals surface area contributed by atoms with Gasteiger partial charge in [-0.15, -0.1) is 0 Å². The smallest absolute Gasteiger partial charge is 0.228 e. The summed E-state index contributed by atoms with van der Waals surface area (Å²) in [5.41, 5.74) is 0.758. The highest BCUT2D eigenvalue weighted by molar-refractivity contribution is 6.04. The number of hydrogen-bond donors (Lipinski definition) is 3. The number of phenols is 1. The molecule has 1 fully saturated rings. The van der Waals surface area contributed by atoms with Crippen LogP contribution in [-0.2, 0) is 4.79 Å². The molecule has 104 valence electrons. The van der Waals surface area contributed by atoms with Crippen molar-refractivity contribution >= 4 is 22.4 Å². The average molecular weight is 270 g/mol. The number of nitrogens with one attached hydrogen (secondary N) is 2. The monoisotopic (exact) mass is 270 g/mol. The zero-order valence-corrected chi connectivity index (χ0v) is 11.2. The van der Waals surface area contributed by atoms with Crippen molar-refractivity contribution in [3.05, 3.63) is 36.4 Å². The molecule has 1 aliphatic heterocycles. The Balaban J connectivity index is 1.87. The number of rotatable bonds is 2. The molecular weight excluding hydrogens is 252 g/mol. The van der Waals surface area contributed by atoms with Gasteiger partial charge in [0.15, 0.2) is 0 Å². The largest absolute Gasteiger partial charge is 0.507 e. The first kappa shape index (κ1) is 12.9. The Bertz CT molecular complexity index is 633. The van der Waals surface area contributed by atoms with Gasteiger partial charge in [-0.05, 0) is 31.5 Å². The molecule has 0 aromatic heterocycles. The van der Waals surface area contributed by atoms with Crippen LogP contribution < -0.4 is 10.6 Å². The number of anilines is 1. The van der Waals surface area contributed by atoms with Crippen LogP contribution in [0.25, 0.3) is 10.8 Å². The fourth-order valence-corrected chi connectivity index (χ4v) is 2.71. The first-order valence-corrected chi connectivity index (χ1v) is 6.98. The summed E-state index contributed by atoms with van der Waals surface area (Å²) in [4.78, 5) is 12.3. The van der Waals surface area contributed by atoms with Crippen LogP contribution in [-0.4, -0.2) is 24.1 Å². The van der Waals surface area contributed by atoms with Crippen LogP contribution in [0, 0.1) is 5.92 Å². The summed E-state index contributed by atoms with van der Waals surface area (Å²) >= 11 is 0. The molecule has 0 saturated carbocycles. The van der Waals surface area contributed by atoms with E-state index in [1.165, 1.54) is 0 Å².